The molecule has 19 heavy (non-hydrogen) atoms. The molecule has 0 saturated heterocycles. The van der Waals surface area contributed by atoms with E-state index in [0.29, 0.717) is 16.1 Å². The van der Waals surface area contributed by atoms with Crippen LogP contribution < -0.4 is 0 Å². The van der Waals surface area contributed by atoms with E-state index in [4.69, 9.17) is 11.6 Å². The lowest BCUT2D eigenvalue weighted by molar-refractivity contribution is -0.137. The minimum atomic E-state index is -4.37. The van der Waals surface area contributed by atoms with Gasteiger partial charge in [0.25, 0.3) is 0 Å². The Bertz CT molecular complexity index is 633. The summed E-state index contributed by atoms with van der Waals surface area (Å²) in [4.78, 5) is 4.25. The second-order valence-electron chi connectivity index (χ2n) is 4.81. The van der Waals surface area contributed by atoms with E-state index in [-0.39, 0.29) is 11.4 Å². The number of fused-ring (bicyclic) bond motifs is 1. The van der Waals surface area contributed by atoms with Gasteiger partial charge in [-0.1, -0.05) is 31.5 Å². The Kier molecular flexibility index (Phi) is 3.47. The van der Waals surface area contributed by atoms with E-state index in [1.54, 1.807) is 6.92 Å². The van der Waals surface area contributed by atoms with Crippen molar-refractivity contribution in [2.24, 2.45) is 0 Å². The lowest BCUT2D eigenvalue weighted by atomic mass is 9.99. The minimum absolute atomic E-state index is 0.173. The molecule has 0 spiro atoms. The maximum atomic E-state index is 12.7. The van der Waals surface area contributed by atoms with E-state index in [1.807, 2.05) is 13.8 Å². The summed E-state index contributed by atoms with van der Waals surface area (Å²) in [5.74, 6) is 0.173. The number of rotatable bonds is 1. The third kappa shape index (κ3) is 2.54. The molecule has 0 aliphatic carbocycles. The summed E-state index contributed by atoms with van der Waals surface area (Å²) in [5, 5.41) is 1.05. The number of pyridine rings is 1. The van der Waals surface area contributed by atoms with Gasteiger partial charge in [0, 0.05) is 11.1 Å². The Hall–Kier alpha value is -1.29. The van der Waals surface area contributed by atoms with E-state index in [9.17, 15) is 13.2 Å². The maximum Gasteiger partial charge on any atom is 0.416 e. The third-order valence-electron chi connectivity index (χ3n) is 3.05. The van der Waals surface area contributed by atoms with Crippen molar-refractivity contribution in [3.63, 3.8) is 0 Å². The van der Waals surface area contributed by atoms with Gasteiger partial charge in [-0.2, -0.15) is 13.2 Å². The van der Waals surface area contributed by atoms with Gasteiger partial charge in [-0.15, -0.1) is 0 Å². The average Bonchev–Trinajstić information content (AvgIpc) is 2.26. The maximum absolute atomic E-state index is 12.7. The van der Waals surface area contributed by atoms with Crippen LogP contribution in [0.15, 0.2) is 18.2 Å². The minimum Gasteiger partial charge on any atom is -0.253 e. The Morgan fingerprint density at radius 2 is 1.84 bits per heavy atom. The monoisotopic (exact) mass is 287 g/mol. The van der Waals surface area contributed by atoms with Crippen molar-refractivity contribution >= 4 is 22.5 Å². The van der Waals surface area contributed by atoms with Crippen LogP contribution in [-0.4, -0.2) is 4.98 Å². The van der Waals surface area contributed by atoms with Crippen LogP contribution in [-0.2, 0) is 6.18 Å². The van der Waals surface area contributed by atoms with Crippen LogP contribution >= 0.6 is 11.6 Å². The molecule has 102 valence electrons. The molecule has 1 heterocycles. The number of nitrogens with zero attached hydrogens (tertiary/aromatic N) is 1. The molecule has 0 saturated carbocycles. The first-order chi connectivity index (χ1) is 8.71. The predicted molar refractivity (Wildman–Crippen MR) is 70.6 cm³/mol. The second kappa shape index (κ2) is 4.67. The summed E-state index contributed by atoms with van der Waals surface area (Å²) in [6.07, 6.45) is -4.37. The number of benzene rings is 1. The fraction of sp³-hybridized carbons (Fsp3) is 0.357. The molecule has 0 aliphatic heterocycles. The molecule has 0 fully saturated rings. The molecule has 1 aromatic carbocycles. The van der Waals surface area contributed by atoms with Gasteiger partial charge >= 0.3 is 6.18 Å². The number of aryl methyl sites for hydroxylation is 1. The van der Waals surface area contributed by atoms with Crippen LogP contribution in [0.3, 0.4) is 0 Å². The molecule has 5 heteroatoms. The van der Waals surface area contributed by atoms with Gasteiger partial charge in [0.05, 0.1) is 16.1 Å². The lowest BCUT2D eigenvalue weighted by Crippen LogP contribution is -2.05. The number of aromatic nitrogens is 1. The highest BCUT2D eigenvalue weighted by molar-refractivity contribution is 6.36. The van der Waals surface area contributed by atoms with E-state index in [1.165, 1.54) is 6.07 Å². The first-order valence-corrected chi connectivity index (χ1v) is 6.26. The fourth-order valence-electron chi connectivity index (χ4n) is 2.20. The lowest BCUT2D eigenvalue weighted by Gasteiger charge is -2.15. The molecule has 0 radical (unpaired) electrons. The van der Waals surface area contributed by atoms with Gasteiger partial charge in [0.15, 0.2) is 0 Å². The second-order valence-corrected chi connectivity index (χ2v) is 5.19. The van der Waals surface area contributed by atoms with Crippen LogP contribution in [0.4, 0.5) is 13.2 Å². The standard InChI is InChI=1S/C14H13ClF3N/c1-7(2)12-8(3)19-11-6-9(14(16,17)18)4-5-10(11)13(12)15/h4-7H,1-3H3. The smallest absolute Gasteiger partial charge is 0.253 e. The van der Waals surface area contributed by atoms with Crippen molar-refractivity contribution in [3.8, 4) is 0 Å². The topological polar surface area (TPSA) is 12.9 Å². The molecule has 1 aromatic heterocycles. The Morgan fingerprint density at radius 1 is 1.21 bits per heavy atom. The van der Waals surface area contributed by atoms with Gasteiger partial charge in [0.2, 0.25) is 0 Å². The number of halogens is 4. The molecule has 0 amide bonds. The van der Waals surface area contributed by atoms with Crippen molar-refractivity contribution in [1.29, 1.82) is 0 Å². The van der Waals surface area contributed by atoms with Crippen molar-refractivity contribution < 1.29 is 13.2 Å². The van der Waals surface area contributed by atoms with Crippen LogP contribution in [0.1, 0.15) is 36.6 Å². The highest BCUT2D eigenvalue weighted by atomic mass is 35.5. The molecule has 0 N–H and O–H groups in total. The Balaban J connectivity index is 2.74. The van der Waals surface area contributed by atoms with Crippen LogP contribution in [0.5, 0.6) is 0 Å². The molecular formula is C14H13ClF3N. The van der Waals surface area contributed by atoms with Gasteiger partial charge in [-0.3, -0.25) is 4.98 Å². The fourth-order valence-corrected chi connectivity index (χ4v) is 2.72. The predicted octanol–water partition coefficient (Wildman–Crippen LogP) is 5.34. The van der Waals surface area contributed by atoms with Crippen molar-refractivity contribution in [1.82, 2.24) is 4.98 Å². The summed E-state index contributed by atoms with van der Waals surface area (Å²) in [6.45, 7) is 5.72. The molecule has 0 bridgehead atoms. The van der Waals surface area contributed by atoms with E-state index < -0.39 is 11.7 Å². The first kappa shape index (κ1) is 14.1. The summed E-state index contributed by atoms with van der Waals surface area (Å²) < 4.78 is 38.0. The van der Waals surface area contributed by atoms with Crippen LogP contribution in [0, 0.1) is 6.92 Å². The molecule has 0 atom stereocenters. The number of hydrogen-bond donors (Lipinski definition) is 0. The zero-order chi connectivity index (χ0) is 14.4. The highest BCUT2D eigenvalue weighted by Gasteiger charge is 2.31. The normalized spacial score (nSPS) is 12.4. The van der Waals surface area contributed by atoms with Gasteiger partial charge in [-0.25, -0.2) is 0 Å². The molecule has 1 nitrogen and oxygen atoms in total. The van der Waals surface area contributed by atoms with E-state index >= 15 is 0 Å². The Labute approximate surface area is 114 Å². The SMILES string of the molecule is Cc1nc2cc(C(F)(F)F)ccc2c(Cl)c1C(C)C. The quantitative estimate of drug-likeness (QED) is 0.690. The highest BCUT2D eigenvalue weighted by Crippen LogP contribution is 2.36. The summed E-state index contributed by atoms with van der Waals surface area (Å²) in [5.41, 5.74) is 1.13. The largest absolute Gasteiger partial charge is 0.416 e. The van der Waals surface area contributed by atoms with Crippen molar-refractivity contribution in [2.75, 3.05) is 0 Å². The molecule has 0 aliphatic rings. The van der Waals surface area contributed by atoms with Crippen molar-refractivity contribution in [2.45, 2.75) is 32.9 Å². The zero-order valence-electron chi connectivity index (χ0n) is 10.8. The molecule has 0 unspecified atom stereocenters. The summed E-state index contributed by atoms with van der Waals surface area (Å²) in [7, 11) is 0. The zero-order valence-corrected chi connectivity index (χ0v) is 11.5. The van der Waals surface area contributed by atoms with Gasteiger partial charge in [0.1, 0.15) is 0 Å². The third-order valence-corrected chi connectivity index (χ3v) is 3.46. The summed E-state index contributed by atoms with van der Waals surface area (Å²) >= 11 is 6.29. The van der Waals surface area contributed by atoms with Gasteiger partial charge < -0.3 is 0 Å². The number of alkyl halides is 3. The van der Waals surface area contributed by atoms with Crippen molar-refractivity contribution in [3.05, 3.63) is 40.0 Å². The first-order valence-electron chi connectivity index (χ1n) is 5.88. The Morgan fingerprint density at radius 3 is 2.37 bits per heavy atom. The average molecular weight is 288 g/mol. The molecule has 2 rings (SSSR count). The van der Waals surface area contributed by atoms with E-state index in [2.05, 4.69) is 4.98 Å². The van der Waals surface area contributed by atoms with E-state index in [0.717, 1.165) is 17.7 Å². The number of hydrogen-bond acceptors (Lipinski definition) is 1. The van der Waals surface area contributed by atoms with Crippen LogP contribution in [0.25, 0.3) is 10.9 Å². The molecular weight excluding hydrogens is 275 g/mol. The van der Waals surface area contributed by atoms with Gasteiger partial charge in [-0.05, 0) is 30.5 Å². The summed E-state index contributed by atoms with van der Waals surface area (Å²) in [6, 6.07) is 3.46. The molecule has 2 aromatic rings. The van der Waals surface area contributed by atoms with Crippen LogP contribution in [0.2, 0.25) is 5.02 Å².